The number of nitrogens with two attached hydrogens (primary N) is 1. The van der Waals surface area contributed by atoms with Crippen LogP contribution < -0.4 is 10.5 Å². The third-order valence-electron chi connectivity index (χ3n) is 2.06. The second kappa shape index (κ2) is 4.65. The third kappa shape index (κ3) is 2.49. The highest BCUT2D eigenvalue weighted by Gasteiger charge is 2.11. The molecule has 76 valence electrons. The van der Waals surface area contributed by atoms with Crippen molar-refractivity contribution in [2.75, 3.05) is 0 Å². The molecule has 0 aliphatic heterocycles. The van der Waals surface area contributed by atoms with Gasteiger partial charge in [0.25, 0.3) is 5.91 Å². The summed E-state index contributed by atoms with van der Waals surface area (Å²) < 4.78 is 5.42. The van der Waals surface area contributed by atoms with Crippen LogP contribution in [0, 0.1) is 0 Å². The molecule has 0 aliphatic carbocycles. The summed E-state index contributed by atoms with van der Waals surface area (Å²) in [5.41, 5.74) is 6.20. The fourth-order valence-corrected chi connectivity index (χ4v) is 1.16. The lowest BCUT2D eigenvalue weighted by molar-refractivity contribution is -0.123. The molecule has 0 bridgehead atoms. The topological polar surface area (TPSA) is 52.3 Å². The van der Waals surface area contributed by atoms with Gasteiger partial charge in [0.1, 0.15) is 5.75 Å². The van der Waals surface area contributed by atoms with Crippen LogP contribution >= 0.6 is 0 Å². The maximum atomic E-state index is 10.8. The number of carbonyl (C=O) groups excluding carboxylic acids is 1. The lowest BCUT2D eigenvalue weighted by Crippen LogP contribution is -2.30. The summed E-state index contributed by atoms with van der Waals surface area (Å²) in [7, 11) is 0. The zero-order valence-electron chi connectivity index (χ0n) is 8.49. The fourth-order valence-electron chi connectivity index (χ4n) is 1.16. The van der Waals surface area contributed by atoms with Crippen LogP contribution in [0.4, 0.5) is 0 Å². The van der Waals surface area contributed by atoms with E-state index in [2.05, 4.69) is 0 Å². The van der Waals surface area contributed by atoms with Crippen molar-refractivity contribution in [2.45, 2.75) is 26.4 Å². The van der Waals surface area contributed by atoms with Crippen molar-refractivity contribution in [2.24, 2.45) is 5.73 Å². The molecule has 0 radical (unpaired) electrons. The summed E-state index contributed by atoms with van der Waals surface area (Å²) in [6.45, 7) is 3.69. The number of benzene rings is 1. The van der Waals surface area contributed by atoms with E-state index in [0.717, 1.165) is 17.7 Å². The maximum Gasteiger partial charge on any atom is 0.258 e. The largest absolute Gasteiger partial charge is 0.481 e. The monoisotopic (exact) mass is 193 g/mol. The predicted octanol–water partition coefficient (Wildman–Crippen LogP) is 1.50. The molecule has 0 unspecified atom stereocenters. The van der Waals surface area contributed by atoms with Gasteiger partial charge in [-0.3, -0.25) is 4.79 Å². The summed E-state index contributed by atoms with van der Waals surface area (Å²) in [6.07, 6.45) is 0.296. The van der Waals surface area contributed by atoms with Gasteiger partial charge in [0.05, 0.1) is 0 Å². The predicted molar refractivity (Wildman–Crippen MR) is 55.1 cm³/mol. The Balaban J connectivity index is 2.80. The van der Waals surface area contributed by atoms with Gasteiger partial charge in [-0.2, -0.15) is 0 Å². The molecular formula is C11H15NO2. The van der Waals surface area contributed by atoms with E-state index >= 15 is 0 Å². The molecule has 1 aromatic carbocycles. The quantitative estimate of drug-likeness (QED) is 0.787. The summed E-state index contributed by atoms with van der Waals surface area (Å²) in [5, 5.41) is 0. The average molecular weight is 193 g/mol. The van der Waals surface area contributed by atoms with Crippen LogP contribution in [0.1, 0.15) is 19.4 Å². The number of aryl methyl sites for hydroxylation is 1. The summed E-state index contributed by atoms with van der Waals surface area (Å²) in [6, 6.07) is 7.64. The molecule has 0 heterocycles. The van der Waals surface area contributed by atoms with Gasteiger partial charge in [0, 0.05) is 0 Å². The molecule has 1 amide bonds. The molecule has 0 fully saturated rings. The Labute approximate surface area is 83.9 Å². The molecule has 1 aromatic rings. The molecule has 2 N–H and O–H groups in total. The molecular weight excluding hydrogens is 178 g/mol. The first-order valence-electron chi connectivity index (χ1n) is 4.69. The van der Waals surface area contributed by atoms with Gasteiger partial charge in [0.2, 0.25) is 0 Å². The normalized spacial score (nSPS) is 12.1. The van der Waals surface area contributed by atoms with Gasteiger partial charge in [-0.25, -0.2) is 0 Å². The highest BCUT2D eigenvalue weighted by Crippen LogP contribution is 2.19. The zero-order chi connectivity index (χ0) is 10.6. The number of rotatable bonds is 4. The SMILES string of the molecule is CCc1ccccc1O[C@@H](C)C(N)=O. The summed E-state index contributed by atoms with van der Waals surface area (Å²) >= 11 is 0. The molecule has 0 spiro atoms. The average Bonchev–Trinajstić information content (AvgIpc) is 2.18. The Morgan fingerprint density at radius 2 is 2.14 bits per heavy atom. The first kappa shape index (κ1) is 10.6. The van der Waals surface area contributed by atoms with E-state index in [-0.39, 0.29) is 0 Å². The molecule has 14 heavy (non-hydrogen) atoms. The van der Waals surface area contributed by atoms with Crippen LogP contribution in [-0.4, -0.2) is 12.0 Å². The first-order valence-corrected chi connectivity index (χ1v) is 4.69. The Bertz CT molecular complexity index is 323. The maximum absolute atomic E-state index is 10.8. The summed E-state index contributed by atoms with van der Waals surface area (Å²) in [5.74, 6) is 0.289. The summed E-state index contributed by atoms with van der Waals surface area (Å²) in [4.78, 5) is 10.8. The minimum Gasteiger partial charge on any atom is -0.481 e. The minimum atomic E-state index is -0.581. The Morgan fingerprint density at radius 1 is 1.50 bits per heavy atom. The fraction of sp³-hybridized carbons (Fsp3) is 0.364. The highest BCUT2D eigenvalue weighted by molar-refractivity contribution is 5.78. The second-order valence-corrected chi connectivity index (χ2v) is 3.12. The Morgan fingerprint density at radius 3 is 2.71 bits per heavy atom. The van der Waals surface area contributed by atoms with Crippen molar-refractivity contribution in [3.8, 4) is 5.75 Å². The Kier molecular flexibility index (Phi) is 3.51. The van der Waals surface area contributed by atoms with Gasteiger partial charge in [-0.15, -0.1) is 0 Å². The highest BCUT2D eigenvalue weighted by atomic mass is 16.5. The van der Waals surface area contributed by atoms with E-state index in [1.54, 1.807) is 6.92 Å². The molecule has 0 saturated carbocycles. The number of hydrogen-bond donors (Lipinski definition) is 1. The van der Waals surface area contributed by atoms with Crippen LogP contribution in [-0.2, 0) is 11.2 Å². The molecule has 3 nitrogen and oxygen atoms in total. The molecule has 1 rings (SSSR count). The molecule has 0 saturated heterocycles. The lowest BCUT2D eigenvalue weighted by atomic mass is 10.1. The van der Waals surface area contributed by atoms with E-state index in [4.69, 9.17) is 10.5 Å². The third-order valence-corrected chi connectivity index (χ3v) is 2.06. The standard InChI is InChI=1S/C11H15NO2/c1-3-9-6-4-5-7-10(9)14-8(2)11(12)13/h4-8H,3H2,1-2H3,(H2,12,13)/t8-/m0/s1. The minimum absolute atomic E-state index is 0.448. The smallest absolute Gasteiger partial charge is 0.258 e. The van der Waals surface area contributed by atoms with Crippen molar-refractivity contribution in [1.82, 2.24) is 0 Å². The van der Waals surface area contributed by atoms with E-state index in [0.29, 0.717) is 0 Å². The van der Waals surface area contributed by atoms with Gasteiger partial charge in [0.15, 0.2) is 6.10 Å². The van der Waals surface area contributed by atoms with Crippen molar-refractivity contribution >= 4 is 5.91 Å². The van der Waals surface area contributed by atoms with Crippen molar-refractivity contribution < 1.29 is 9.53 Å². The van der Waals surface area contributed by atoms with Gasteiger partial charge >= 0.3 is 0 Å². The van der Waals surface area contributed by atoms with E-state index in [1.807, 2.05) is 31.2 Å². The van der Waals surface area contributed by atoms with Crippen LogP contribution in [0.2, 0.25) is 0 Å². The van der Waals surface area contributed by atoms with E-state index in [1.165, 1.54) is 0 Å². The van der Waals surface area contributed by atoms with Crippen LogP contribution in [0.15, 0.2) is 24.3 Å². The van der Waals surface area contributed by atoms with Crippen molar-refractivity contribution in [1.29, 1.82) is 0 Å². The van der Waals surface area contributed by atoms with Crippen LogP contribution in [0.5, 0.6) is 5.75 Å². The van der Waals surface area contributed by atoms with E-state index < -0.39 is 12.0 Å². The number of carbonyl (C=O) groups is 1. The number of amides is 1. The number of ether oxygens (including phenoxy) is 1. The molecule has 3 heteroatoms. The lowest BCUT2D eigenvalue weighted by Gasteiger charge is -2.13. The van der Waals surface area contributed by atoms with Crippen LogP contribution in [0.3, 0.4) is 0 Å². The molecule has 1 atom stereocenters. The van der Waals surface area contributed by atoms with Gasteiger partial charge in [-0.1, -0.05) is 25.1 Å². The van der Waals surface area contributed by atoms with Gasteiger partial charge in [-0.05, 0) is 25.0 Å². The number of hydrogen-bond acceptors (Lipinski definition) is 2. The van der Waals surface area contributed by atoms with E-state index in [9.17, 15) is 4.79 Å². The number of primary amides is 1. The van der Waals surface area contributed by atoms with Crippen LogP contribution in [0.25, 0.3) is 0 Å². The van der Waals surface area contributed by atoms with Crippen molar-refractivity contribution in [3.05, 3.63) is 29.8 Å². The van der Waals surface area contributed by atoms with Gasteiger partial charge < -0.3 is 10.5 Å². The number of para-hydroxylation sites is 1. The zero-order valence-corrected chi connectivity index (χ0v) is 8.49. The molecule has 0 aliphatic rings. The second-order valence-electron chi connectivity index (χ2n) is 3.12. The van der Waals surface area contributed by atoms with Crippen molar-refractivity contribution in [3.63, 3.8) is 0 Å². The first-order chi connectivity index (χ1) is 6.65. The molecule has 0 aromatic heterocycles. The Hall–Kier alpha value is -1.51.